The number of thiophene rings is 1. The van der Waals surface area contributed by atoms with Gasteiger partial charge in [-0.25, -0.2) is 0 Å². The van der Waals surface area contributed by atoms with E-state index < -0.39 is 16.4 Å². The van der Waals surface area contributed by atoms with Crippen molar-refractivity contribution in [1.29, 1.82) is 0 Å². The first-order chi connectivity index (χ1) is 6.61. The van der Waals surface area contributed by atoms with Crippen molar-refractivity contribution >= 4 is 27.1 Å². The summed E-state index contributed by atoms with van der Waals surface area (Å²) in [5.41, 5.74) is 0.331. The summed E-state index contributed by atoms with van der Waals surface area (Å²) in [6.07, 6.45) is 0. The van der Waals surface area contributed by atoms with Gasteiger partial charge >= 0.3 is 5.69 Å². The molecule has 0 saturated heterocycles. The van der Waals surface area contributed by atoms with E-state index in [4.69, 9.17) is 0 Å². The minimum Gasteiger partial charge on any atom is -0.258 e. The number of nitrogens with zero attached hydrogens (tertiary/aromatic N) is 1. The third kappa shape index (κ3) is 1.17. The van der Waals surface area contributed by atoms with Gasteiger partial charge in [0.15, 0.2) is 0 Å². The van der Waals surface area contributed by atoms with Crippen molar-refractivity contribution in [3.05, 3.63) is 39.0 Å². The van der Waals surface area contributed by atoms with Crippen molar-refractivity contribution in [2.75, 3.05) is 0 Å². The number of nitro benzene ring substituents is 1. The average Bonchev–Trinajstić information content (AvgIpc) is 2.47. The van der Waals surface area contributed by atoms with Crippen molar-refractivity contribution in [3.63, 3.8) is 0 Å². The lowest BCUT2D eigenvalue weighted by atomic mass is 10.1. The molecular weight excluding hydrogens is 205 g/mol. The summed E-state index contributed by atoms with van der Waals surface area (Å²) in [4.78, 5) is 9.99. The van der Waals surface area contributed by atoms with E-state index >= 15 is 0 Å². The molecule has 1 heterocycles. The van der Waals surface area contributed by atoms with Gasteiger partial charge in [-0.05, 0) is 30.0 Å². The Morgan fingerprint density at radius 1 is 1.50 bits per heavy atom. The molecule has 0 unspecified atom stereocenters. The van der Waals surface area contributed by atoms with Crippen LogP contribution >= 0.6 is 11.3 Å². The highest BCUT2D eigenvalue weighted by Crippen LogP contribution is 2.34. The Hall–Kier alpha value is -1.49. The van der Waals surface area contributed by atoms with Crippen LogP contribution in [0.4, 0.5) is 10.1 Å². The zero-order chi connectivity index (χ0) is 10.3. The van der Waals surface area contributed by atoms with Crippen LogP contribution in [0, 0.1) is 22.9 Å². The standard InChI is InChI=1S/C9H6FNO2S/c1-5-4-14-7-3-2-6(10)9(8(5)7)11(12)13/h2-4H,1H3. The van der Waals surface area contributed by atoms with Crippen LogP contribution in [-0.2, 0) is 0 Å². The zero-order valence-corrected chi connectivity index (χ0v) is 8.10. The van der Waals surface area contributed by atoms with Crippen molar-refractivity contribution < 1.29 is 9.31 Å². The van der Waals surface area contributed by atoms with Gasteiger partial charge in [-0.1, -0.05) is 0 Å². The quantitative estimate of drug-likeness (QED) is 0.536. The molecule has 0 atom stereocenters. The number of fused-ring (bicyclic) bond motifs is 1. The molecule has 1 aromatic carbocycles. The average molecular weight is 211 g/mol. The lowest BCUT2D eigenvalue weighted by molar-refractivity contribution is -0.385. The first kappa shape index (κ1) is 9.08. The highest BCUT2D eigenvalue weighted by molar-refractivity contribution is 7.17. The number of halogens is 1. The number of hydrogen-bond donors (Lipinski definition) is 0. The van der Waals surface area contributed by atoms with Crippen LogP contribution in [-0.4, -0.2) is 4.92 Å². The molecule has 0 N–H and O–H groups in total. The molecule has 0 radical (unpaired) electrons. The molecule has 0 spiro atoms. The summed E-state index contributed by atoms with van der Waals surface area (Å²) < 4.78 is 13.9. The van der Waals surface area contributed by atoms with Crippen LogP contribution in [0.1, 0.15) is 5.56 Å². The Labute approximate surface area is 82.9 Å². The second-order valence-corrected chi connectivity index (χ2v) is 3.86. The largest absolute Gasteiger partial charge is 0.313 e. The second-order valence-electron chi connectivity index (χ2n) is 2.94. The number of benzene rings is 1. The maximum absolute atomic E-state index is 13.2. The summed E-state index contributed by atoms with van der Waals surface area (Å²) >= 11 is 1.38. The van der Waals surface area contributed by atoms with E-state index in [1.807, 2.05) is 0 Å². The Morgan fingerprint density at radius 3 is 2.86 bits per heavy atom. The first-order valence-electron chi connectivity index (χ1n) is 3.92. The molecule has 1 aromatic heterocycles. The summed E-state index contributed by atoms with van der Waals surface area (Å²) in [6, 6.07) is 2.70. The summed E-state index contributed by atoms with van der Waals surface area (Å²) in [5.74, 6) is -0.774. The van der Waals surface area contributed by atoms with E-state index in [-0.39, 0.29) is 0 Å². The van der Waals surface area contributed by atoms with Crippen LogP contribution in [0.5, 0.6) is 0 Å². The third-order valence-corrected chi connectivity index (χ3v) is 3.10. The molecule has 0 bridgehead atoms. The third-order valence-electron chi connectivity index (χ3n) is 2.03. The van der Waals surface area contributed by atoms with E-state index in [2.05, 4.69) is 0 Å². The van der Waals surface area contributed by atoms with Crippen molar-refractivity contribution in [2.45, 2.75) is 6.92 Å². The SMILES string of the molecule is Cc1csc2ccc(F)c([N+](=O)[O-])c12. The van der Waals surface area contributed by atoms with E-state index in [1.165, 1.54) is 11.3 Å². The molecule has 3 nitrogen and oxygen atoms in total. The molecule has 0 aliphatic carbocycles. The Kier molecular flexibility index (Phi) is 1.96. The fourth-order valence-corrected chi connectivity index (χ4v) is 2.36. The fraction of sp³-hybridized carbons (Fsp3) is 0.111. The van der Waals surface area contributed by atoms with E-state index in [1.54, 1.807) is 18.4 Å². The monoisotopic (exact) mass is 211 g/mol. The van der Waals surface area contributed by atoms with Gasteiger partial charge in [0.05, 0.1) is 10.3 Å². The molecule has 14 heavy (non-hydrogen) atoms. The van der Waals surface area contributed by atoms with E-state index in [9.17, 15) is 14.5 Å². The lowest BCUT2D eigenvalue weighted by Crippen LogP contribution is -1.93. The summed E-state index contributed by atoms with van der Waals surface area (Å²) in [6.45, 7) is 1.74. The van der Waals surface area contributed by atoms with Crippen LogP contribution in [0.15, 0.2) is 17.5 Å². The predicted octanol–water partition coefficient (Wildman–Crippen LogP) is 3.26. The van der Waals surface area contributed by atoms with Gasteiger partial charge in [0.2, 0.25) is 5.82 Å². The number of hydrogen-bond acceptors (Lipinski definition) is 3. The van der Waals surface area contributed by atoms with Gasteiger partial charge in [0, 0.05) is 4.70 Å². The lowest BCUT2D eigenvalue weighted by Gasteiger charge is -1.96. The minimum atomic E-state index is -0.774. The number of rotatable bonds is 1. The van der Waals surface area contributed by atoms with Gasteiger partial charge < -0.3 is 0 Å². The number of aryl methyl sites for hydroxylation is 1. The molecule has 5 heteroatoms. The maximum atomic E-state index is 13.2. The summed E-state index contributed by atoms with van der Waals surface area (Å²) in [7, 11) is 0. The molecule has 0 aliphatic rings. The van der Waals surface area contributed by atoms with Crippen LogP contribution in [0.2, 0.25) is 0 Å². The Balaban J connectivity index is 2.94. The molecule has 2 rings (SSSR count). The van der Waals surface area contributed by atoms with Crippen LogP contribution < -0.4 is 0 Å². The highest BCUT2D eigenvalue weighted by atomic mass is 32.1. The van der Waals surface area contributed by atoms with Gasteiger partial charge in [0.25, 0.3) is 0 Å². The minimum absolute atomic E-state index is 0.416. The second kappa shape index (κ2) is 3.02. The van der Waals surface area contributed by atoms with Gasteiger partial charge in [0.1, 0.15) is 0 Å². The fourth-order valence-electron chi connectivity index (χ4n) is 1.42. The van der Waals surface area contributed by atoms with Gasteiger partial charge in [-0.2, -0.15) is 4.39 Å². The molecule has 0 aliphatic heterocycles. The smallest absolute Gasteiger partial charge is 0.258 e. The van der Waals surface area contributed by atoms with Gasteiger partial charge in [-0.15, -0.1) is 11.3 Å². The van der Waals surface area contributed by atoms with Crippen molar-refractivity contribution in [3.8, 4) is 0 Å². The van der Waals surface area contributed by atoms with Crippen molar-refractivity contribution in [1.82, 2.24) is 0 Å². The van der Waals surface area contributed by atoms with Gasteiger partial charge in [-0.3, -0.25) is 10.1 Å². The molecule has 0 fully saturated rings. The molecule has 0 saturated carbocycles. The Morgan fingerprint density at radius 2 is 2.21 bits per heavy atom. The maximum Gasteiger partial charge on any atom is 0.313 e. The van der Waals surface area contributed by atoms with Crippen LogP contribution in [0.3, 0.4) is 0 Å². The molecule has 72 valence electrons. The Bertz CT molecular complexity index is 521. The van der Waals surface area contributed by atoms with Crippen molar-refractivity contribution in [2.24, 2.45) is 0 Å². The normalized spacial score (nSPS) is 10.7. The zero-order valence-electron chi connectivity index (χ0n) is 7.28. The first-order valence-corrected chi connectivity index (χ1v) is 4.80. The molecule has 2 aromatic rings. The van der Waals surface area contributed by atoms with E-state index in [0.29, 0.717) is 5.39 Å². The predicted molar refractivity (Wildman–Crippen MR) is 53.2 cm³/mol. The molecular formula is C9H6FNO2S. The van der Waals surface area contributed by atoms with E-state index in [0.717, 1.165) is 16.3 Å². The number of nitro groups is 1. The summed E-state index contributed by atoms with van der Waals surface area (Å²) in [5, 5.41) is 12.9. The van der Waals surface area contributed by atoms with Crippen LogP contribution in [0.25, 0.3) is 10.1 Å². The molecule has 0 amide bonds. The highest BCUT2D eigenvalue weighted by Gasteiger charge is 2.20. The topological polar surface area (TPSA) is 43.1 Å².